The minimum atomic E-state index is -0.800. The lowest BCUT2D eigenvalue weighted by Gasteiger charge is -2.46. The number of carbonyl (C=O) groups is 2. The molecule has 29 heavy (non-hydrogen) atoms. The molecule has 2 atom stereocenters. The van der Waals surface area contributed by atoms with Crippen molar-refractivity contribution in [3.8, 4) is 0 Å². The summed E-state index contributed by atoms with van der Waals surface area (Å²) in [5.74, 6) is -0.650. The molecule has 0 bridgehead atoms. The van der Waals surface area contributed by atoms with Crippen molar-refractivity contribution < 1.29 is 14.3 Å². The van der Waals surface area contributed by atoms with Crippen LogP contribution in [-0.4, -0.2) is 18.0 Å². The molecule has 5 rings (SSSR count). The first-order valence-electron chi connectivity index (χ1n) is 9.60. The van der Waals surface area contributed by atoms with Crippen molar-refractivity contribution in [3.63, 3.8) is 0 Å². The van der Waals surface area contributed by atoms with E-state index in [0.29, 0.717) is 0 Å². The topological polar surface area (TPSA) is 46.6 Å². The molecule has 0 aliphatic carbocycles. The number of carbonyl (C=O) groups excluding carboxylic acids is 2. The lowest BCUT2D eigenvalue weighted by Crippen LogP contribution is -2.60. The number of esters is 1. The highest BCUT2D eigenvalue weighted by Crippen LogP contribution is 2.44. The summed E-state index contributed by atoms with van der Waals surface area (Å²) in [4.78, 5) is 26.4. The summed E-state index contributed by atoms with van der Waals surface area (Å²) in [6, 6.07) is 27.8. The Kier molecular flexibility index (Phi) is 4.06. The van der Waals surface area contributed by atoms with E-state index in [4.69, 9.17) is 4.74 Å². The second-order valence-electron chi connectivity index (χ2n) is 7.29. The quantitative estimate of drug-likeness (QED) is 0.285. The highest BCUT2D eigenvalue weighted by molar-refractivity contribution is 6.13. The Morgan fingerprint density at radius 3 is 2.21 bits per heavy atom. The van der Waals surface area contributed by atoms with Crippen molar-refractivity contribution in [2.24, 2.45) is 0 Å². The smallest absolute Gasteiger partial charge is 0.303 e. The summed E-state index contributed by atoms with van der Waals surface area (Å²) in [6.07, 6.45) is -0.800. The third-order valence-corrected chi connectivity index (χ3v) is 5.46. The minimum Gasteiger partial charge on any atom is -0.450 e. The van der Waals surface area contributed by atoms with Gasteiger partial charge >= 0.3 is 5.97 Å². The summed E-state index contributed by atoms with van der Waals surface area (Å²) in [5.41, 5.74) is 1.77. The van der Waals surface area contributed by atoms with Crippen molar-refractivity contribution in [3.05, 3.63) is 90.5 Å². The average Bonchev–Trinajstić information content (AvgIpc) is 2.74. The molecular formula is C25H19NO3. The van der Waals surface area contributed by atoms with E-state index in [2.05, 4.69) is 30.3 Å². The molecule has 1 fully saturated rings. The molecule has 0 radical (unpaired) electrons. The van der Waals surface area contributed by atoms with Crippen LogP contribution in [0.15, 0.2) is 84.9 Å². The molecule has 0 aromatic heterocycles. The second kappa shape index (κ2) is 6.74. The van der Waals surface area contributed by atoms with Crippen molar-refractivity contribution in [1.82, 2.24) is 0 Å². The summed E-state index contributed by atoms with van der Waals surface area (Å²) >= 11 is 0. The van der Waals surface area contributed by atoms with Crippen LogP contribution >= 0.6 is 0 Å². The maximum absolute atomic E-state index is 13.0. The van der Waals surface area contributed by atoms with Crippen LogP contribution in [0.2, 0.25) is 0 Å². The van der Waals surface area contributed by atoms with Crippen LogP contribution in [0.4, 0.5) is 5.69 Å². The molecule has 0 saturated carbocycles. The van der Waals surface area contributed by atoms with E-state index >= 15 is 0 Å². The number of rotatable bonds is 3. The number of ether oxygens (including phenoxy) is 1. The van der Waals surface area contributed by atoms with E-state index in [0.717, 1.165) is 32.8 Å². The molecule has 4 nitrogen and oxygen atoms in total. The molecule has 142 valence electrons. The van der Waals surface area contributed by atoms with Gasteiger partial charge in [0.15, 0.2) is 0 Å². The van der Waals surface area contributed by atoms with Gasteiger partial charge in [-0.25, -0.2) is 0 Å². The second-order valence-corrected chi connectivity index (χ2v) is 7.29. The van der Waals surface area contributed by atoms with Gasteiger partial charge in [-0.05, 0) is 39.9 Å². The molecule has 4 aromatic rings. The number of hydrogen-bond acceptors (Lipinski definition) is 3. The maximum atomic E-state index is 13.0. The van der Waals surface area contributed by atoms with Crippen LogP contribution in [0.3, 0.4) is 0 Å². The molecule has 0 N–H and O–H groups in total. The SMILES string of the molecule is CC(=O)O[C@@H]1C(=O)N(c2cccc3cc4ccccc4cc23)[C@H]1c1ccccc1. The number of β-lactam (4-membered cyclic amide) rings is 1. The number of amides is 1. The number of benzene rings is 4. The summed E-state index contributed by atoms with van der Waals surface area (Å²) in [7, 11) is 0. The maximum Gasteiger partial charge on any atom is 0.303 e. The standard InChI is InChI=1S/C25H19NO3/c1-16(27)29-24-23(17-8-3-2-4-9-17)26(25(24)28)22-13-7-12-20-14-18-10-5-6-11-19(18)15-21(20)22/h2-15,23-24H,1H3/t23-,24-/m0/s1. The van der Waals surface area contributed by atoms with Gasteiger partial charge in [0, 0.05) is 12.3 Å². The first-order valence-corrected chi connectivity index (χ1v) is 9.60. The fourth-order valence-electron chi connectivity index (χ4n) is 4.16. The minimum absolute atomic E-state index is 0.199. The predicted molar refractivity (Wildman–Crippen MR) is 114 cm³/mol. The van der Waals surface area contributed by atoms with Crippen LogP contribution in [0.5, 0.6) is 0 Å². The Morgan fingerprint density at radius 2 is 1.48 bits per heavy atom. The number of fused-ring (bicyclic) bond motifs is 2. The van der Waals surface area contributed by atoms with E-state index in [1.165, 1.54) is 6.92 Å². The van der Waals surface area contributed by atoms with Crippen molar-refractivity contribution >= 4 is 39.1 Å². The zero-order valence-electron chi connectivity index (χ0n) is 15.9. The summed E-state index contributed by atoms with van der Waals surface area (Å²) in [5, 5.41) is 4.34. The van der Waals surface area contributed by atoms with E-state index in [1.54, 1.807) is 4.90 Å². The van der Waals surface area contributed by atoms with Crippen LogP contribution in [0, 0.1) is 0 Å². The Morgan fingerprint density at radius 1 is 0.828 bits per heavy atom. The molecule has 4 heteroatoms. The lowest BCUT2D eigenvalue weighted by molar-refractivity contribution is -0.160. The highest BCUT2D eigenvalue weighted by atomic mass is 16.6. The molecule has 1 saturated heterocycles. The molecule has 0 spiro atoms. The van der Waals surface area contributed by atoms with Gasteiger partial charge in [-0.1, -0.05) is 66.7 Å². The number of anilines is 1. The fourth-order valence-corrected chi connectivity index (χ4v) is 4.16. The van der Waals surface area contributed by atoms with Crippen LogP contribution < -0.4 is 4.90 Å². The Labute approximate surface area is 168 Å². The summed E-state index contributed by atoms with van der Waals surface area (Å²) in [6.45, 7) is 1.34. The first kappa shape index (κ1) is 17.4. The Balaban J connectivity index is 1.67. The molecule has 0 unspecified atom stereocenters. The van der Waals surface area contributed by atoms with Crippen molar-refractivity contribution in [1.29, 1.82) is 0 Å². The van der Waals surface area contributed by atoms with Crippen LogP contribution in [0.25, 0.3) is 21.5 Å². The van der Waals surface area contributed by atoms with Crippen molar-refractivity contribution in [2.45, 2.75) is 19.1 Å². The summed E-state index contributed by atoms with van der Waals surface area (Å²) < 4.78 is 5.37. The Hall–Kier alpha value is -3.66. The zero-order valence-corrected chi connectivity index (χ0v) is 15.9. The van der Waals surface area contributed by atoms with E-state index < -0.39 is 12.1 Å². The van der Waals surface area contributed by atoms with Gasteiger partial charge in [0.1, 0.15) is 6.04 Å². The van der Waals surface area contributed by atoms with Gasteiger partial charge in [0.05, 0.1) is 5.69 Å². The molecule has 4 aromatic carbocycles. The van der Waals surface area contributed by atoms with Gasteiger partial charge in [0.2, 0.25) is 6.10 Å². The lowest BCUT2D eigenvalue weighted by atomic mass is 9.88. The van der Waals surface area contributed by atoms with Crippen molar-refractivity contribution in [2.75, 3.05) is 4.90 Å². The largest absolute Gasteiger partial charge is 0.450 e. The number of hydrogen-bond donors (Lipinski definition) is 0. The molecule has 1 amide bonds. The average molecular weight is 381 g/mol. The highest BCUT2D eigenvalue weighted by Gasteiger charge is 2.51. The fraction of sp³-hybridized carbons (Fsp3) is 0.120. The van der Waals surface area contributed by atoms with Crippen LogP contribution in [-0.2, 0) is 14.3 Å². The van der Waals surface area contributed by atoms with E-state index in [1.807, 2.05) is 54.6 Å². The van der Waals surface area contributed by atoms with E-state index in [-0.39, 0.29) is 11.9 Å². The molecule has 1 aliphatic rings. The van der Waals surface area contributed by atoms with E-state index in [9.17, 15) is 9.59 Å². The normalized spacial score (nSPS) is 18.7. The third kappa shape index (κ3) is 2.85. The van der Waals surface area contributed by atoms with Gasteiger partial charge in [-0.2, -0.15) is 0 Å². The predicted octanol–water partition coefficient (Wildman–Crippen LogP) is 5.01. The van der Waals surface area contributed by atoms with Gasteiger partial charge < -0.3 is 4.74 Å². The monoisotopic (exact) mass is 381 g/mol. The third-order valence-electron chi connectivity index (χ3n) is 5.46. The Bertz CT molecular complexity index is 1250. The van der Waals surface area contributed by atoms with Gasteiger partial charge in [-0.15, -0.1) is 0 Å². The molecular weight excluding hydrogens is 362 g/mol. The van der Waals surface area contributed by atoms with Gasteiger partial charge in [0.25, 0.3) is 5.91 Å². The zero-order chi connectivity index (χ0) is 20.0. The first-order chi connectivity index (χ1) is 14.1. The van der Waals surface area contributed by atoms with Crippen LogP contribution in [0.1, 0.15) is 18.5 Å². The molecule has 1 aliphatic heterocycles. The molecule has 1 heterocycles. The van der Waals surface area contributed by atoms with Gasteiger partial charge in [-0.3, -0.25) is 14.5 Å². The number of nitrogens with zero attached hydrogens (tertiary/aromatic N) is 1.